The van der Waals surface area contributed by atoms with Gasteiger partial charge in [0.05, 0.1) is 7.11 Å². The lowest BCUT2D eigenvalue weighted by Crippen LogP contribution is -2.31. The normalized spacial score (nSPS) is 10.2. The van der Waals surface area contributed by atoms with Crippen molar-refractivity contribution in [1.82, 2.24) is 4.90 Å². The molecule has 0 aliphatic heterocycles. The highest BCUT2D eigenvalue weighted by molar-refractivity contribution is 9.10. The third kappa shape index (κ3) is 4.79. The summed E-state index contributed by atoms with van der Waals surface area (Å²) in [6, 6.07) is 9.34. The third-order valence-electron chi connectivity index (χ3n) is 3.55. The van der Waals surface area contributed by atoms with E-state index < -0.39 is 0 Å². The van der Waals surface area contributed by atoms with Crippen LogP contribution in [0.4, 0.5) is 4.39 Å². The minimum Gasteiger partial charge on any atom is -0.493 e. The number of aldehydes is 1. The molecule has 0 radical (unpaired) electrons. The molecule has 0 unspecified atom stereocenters. The van der Waals surface area contributed by atoms with Crippen LogP contribution in [0.3, 0.4) is 0 Å². The zero-order valence-electron chi connectivity index (χ0n) is 13.8. The average Bonchev–Trinajstić information content (AvgIpc) is 2.61. The lowest BCUT2D eigenvalue weighted by Gasteiger charge is -2.18. The number of rotatable bonds is 7. The largest absolute Gasteiger partial charge is 0.493 e. The molecule has 0 aromatic heterocycles. The summed E-state index contributed by atoms with van der Waals surface area (Å²) >= 11 is 3.25. The second-order valence-corrected chi connectivity index (χ2v) is 6.13. The summed E-state index contributed by atoms with van der Waals surface area (Å²) in [6.45, 7) is -0.132. The van der Waals surface area contributed by atoms with Crippen LogP contribution in [0.5, 0.6) is 11.5 Å². The molecule has 2 rings (SSSR count). The molecule has 5 nitrogen and oxygen atoms in total. The lowest BCUT2D eigenvalue weighted by atomic mass is 10.2. The zero-order chi connectivity index (χ0) is 18.4. The third-order valence-corrected chi connectivity index (χ3v) is 4.24. The summed E-state index contributed by atoms with van der Waals surface area (Å²) in [4.78, 5) is 24.6. The maximum Gasteiger partial charge on any atom is 0.260 e. The minimum absolute atomic E-state index is 0.131. The van der Waals surface area contributed by atoms with Crippen LogP contribution in [0.2, 0.25) is 0 Å². The molecular formula is C18H17BrFNO4. The van der Waals surface area contributed by atoms with Crippen molar-refractivity contribution in [2.24, 2.45) is 0 Å². The number of likely N-dealkylation sites (N-methyl/N-ethyl adjacent to an activating group) is 1. The summed E-state index contributed by atoms with van der Waals surface area (Å²) < 4.78 is 24.9. The van der Waals surface area contributed by atoms with Gasteiger partial charge in [0, 0.05) is 29.2 Å². The number of benzene rings is 2. The molecule has 0 saturated carbocycles. The van der Waals surface area contributed by atoms with Gasteiger partial charge in [-0.3, -0.25) is 9.59 Å². The number of amides is 1. The lowest BCUT2D eigenvalue weighted by molar-refractivity contribution is -0.132. The van der Waals surface area contributed by atoms with Gasteiger partial charge in [0.2, 0.25) is 0 Å². The number of halogens is 2. The molecule has 0 saturated heterocycles. The summed E-state index contributed by atoms with van der Waals surface area (Å²) in [7, 11) is 3.02. The molecule has 2 aromatic carbocycles. The Morgan fingerprint density at radius 2 is 2.00 bits per heavy atom. The fourth-order valence-corrected chi connectivity index (χ4v) is 2.55. The van der Waals surface area contributed by atoms with E-state index >= 15 is 0 Å². The predicted molar refractivity (Wildman–Crippen MR) is 94.5 cm³/mol. The highest BCUT2D eigenvalue weighted by Gasteiger charge is 2.15. The van der Waals surface area contributed by atoms with Crippen molar-refractivity contribution in [1.29, 1.82) is 0 Å². The Labute approximate surface area is 153 Å². The van der Waals surface area contributed by atoms with Crippen molar-refractivity contribution < 1.29 is 23.5 Å². The molecule has 0 heterocycles. The first-order chi connectivity index (χ1) is 12.0. The Morgan fingerprint density at radius 3 is 2.64 bits per heavy atom. The van der Waals surface area contributed by atoms with Gasteiger partial charge in [-0.15, -0.1) is 0 Å². The highest BCUT2D eigenvalue weighted by Crippen LogP contribution is 2.32. The van der Waals surface area contributed by atoms with Crippen molar-refractivity contribution in [3.05, 3.63) is 57.8 Å². The first kappa shape index (κ1) is 18.9. The molecule has 0 fully saturated rings. The molecule has 0 spiro atoms. The van der Waals surface area contributed by atoms with E-state index in [1.807, 2.05) is 0 Å². The van der Waals surface area contributed by atoms with Crippen LogP contribution in [-0.2, 0) is 11.3 Å². The standard InChI is InChI=1S/C18H17BrFNO4/c1-21(9-12-5-3-4-6-15(12)20)18(23)11-25-17-7-13(10-22)14(19)8-16(17)24-2/h3-8,10H,9,11H2,1-2H3. The topological polar surface area (TPSA) is 55.8 Å². The molecule has 7 heteroatoms. The fourth-order valence-electron chi connectivity index (χ4n) is 2.13. The van der Waals surface area contributed by atoms with Crippen LogP contribution in [-0.4, -0.2) is 37.9 Å². The van der Waals surface area contributed by atoms with E-state index in [1.165, 1.54) is 24.1 Å². The fraction of sp³-hybridized carbons (Fsp3) is 0.222. The molecule has 0 N–H and O–H groups in total. The van der Waals surface area contributed by atoms with Gasteiger partial charge in [-0.05, 0) is 34.1 Å². The van der Waals surface area contributed by atoms with E-state index in [1.54, 1.807) is 31.3 Å². The Bertz CT molecular complexity index is 782. The van der Waals surface area contributed by atoms with Crippen molar-refractivity contribution >= 4 is 28.1 Å². The van der Waals surface area contributed by atoms with Crippen LogP contribution < -0.4 is 9.47 Å². The predicted octanol–water partition coefficient (Wildman–Crippen LogP) is 3.45. The molecule has 132 valence electrons. The second-order valence-electron chi connectivity index (χ2n) is 5.27. The van der Waals surface area contributed by atoms with E-state index in [-0.39, 0.29) is 30.6 Å². The van der Waals surface area contributed by atoms with Crippen molar-refractivity contribution in [3.8, 4) is 11.5 Å². The first-order valence-corrected chi connectivity index (χ1v) is 8.18. The van der Waals surface area contributed by atoms with Gasteiger partial charge >= 0.3 is 0 Å². The monoisotopic (exact) mass is 409 g/mol. The Kier molecular flexibility index (Phi) is 6.52. The summed E-state index contributed by atoms with van der Waals surface area (Å²) in [5.41, 5.74) is 0.797. The molecule has 0 aliphatic rings. The van der Waals surface area contributed by atoms with Gasteiger partial charge in [-0.1, -0.05) is 18.2 Å². The molecule has 25 heavy (non-hydrogen) atoms. The zero-order valence-corrected chi connectivity index (χ0v) is 15.4. The van der Waals surface area contributed by atoms with E-state index in [4.69, 9.17) is 9.47 Å². The van der Waals surface area contributed by atoms with Crippen LogP contribution in [0, 0.1) is 5.82 Å². The Morgan fingerprint density at radius 1 is 1.28 bits per heavy atom. The molecule has 2 aromatic rings. The molecule has 1 amide bonds. The van der Waals surface area contributed by atoms with Crippen LogP contribution >= 0.6 is 15.9 Å². The smallest absolute Gasteiger partial charge is 0.260 e. The maximum absolute atomic E-state index is 13.7. The SMILES string of the molecule is COc1cc(Br)c(C=O)cc1OCC(=O)N(C)Cc1ccccc1F. The molecule has 0 bridgehead atoms. The quantitative estimate of drug-likeness (QED) is 0.657. The van der Waals surface area contributed by atoms with E-state index in [0.717, 1.165) is 0 Å². The summed E-state index contributed by atoms with van der Waals surface area (Å²) in [5, 5.41) is 0. The van der Waals surface area contributed by atoms with Gasteiger partial charge in [-0.25, -0.2) is 4.39 Å². The Balaban J connectivity index is 2.04. The van der Waals surface area contributed by atoms with Crippen molar-refractivity contribution in [3.63, 3.8) is 0 Å². The van der Waals surface area contributed by atoms with E-state index in [0.29, 0.717) is 27.6 Å². The maximum atomic E-state index is 13.7. The van der Waals surface area contributed by atoms with E-state index in [9.17, 15) is 14.0 Å². The van der Waals surface area contributed by atoms with Crippen LogP contribution in [0.15, 0.2) is 40.9 Å². The van der Waals surface area contributed by atoms with E-state index in [2.05, 4.69) is 15.9 Å². The van der Waals surface area contributed by atoms with Gasteiger partial charge in [0.1, 0.15) is 5.82 Å². The summed E-state index contributed by atoms with van der Waals surface area (Å²) in [5.74, 6) is -0.0309. The first-order valence-electron chi connectivity index (χ1n) is 7.39. The molecular weight excluding hydrogens is 393 g/mol. The summed E-state index contributed by atoms with van der Waals surface area (Å²) in [6.07, 6.45) is 0.669. The van der Waals surface area contributed by atoms with Gasteiger partial charge in [0.15, 0.2) is 24.4 Å². The number of methoxy groups -OCH3 is 1. The van der Waals surface area contributed by atoms with Crippen molar-refractivity contribution in [2.45, 2.75) is 6.54 Å². The second kappa shape index (κ2) is 8.62. The molecule has 0 aliphatic carbocycles. The van der Waals surface area contributed by atoms with Gasteiger partial charge in [-0.2, -0.15) is 0 Å². The van der Waals surface area contributed by atoms with Gasteiger partial charge < -0.3 is 14.4 Å². The number of hydrogen-bond acceptors (Lipinski definition) is 4. The minimum atomic E-state index is -0.367. The Hall–Kier alpha value is -2.41. The highest BCUT2D eigenvalue weighted by atomic mass is 79.9. The number of hydrogen-bond donors (Lipinski definition) is 0. The average molecular weight is 410 g/mol. The van der Waals surface area contributed by atoms with Crippen molar-refractivity contribution in [2.75, 3.05) is 20.8 Å². The molecule has 0 atom stereocenters. The van der Waals surface area contributed by atoms with Crippen LogP contribution in [0.1, 0.15) is 15.9 Å². The number of carbonyl (C=O) groups is 2. The van der Waals surface area contributed by atoms with Crippen LogP contribution in [0.25, 0.3) is 0 Å². The number of carbonyl (C=O) groups excluding carboxylic acids is 2. The van der Waals surface area contributed by atoms with Gasteiger partial charge in [0.25, 0.3) is 5.91 Å². The number of nitrogens with zero attached hydrogens (tertiary/aromatic N) is 1. The number of ether oxygens (including phenoxy) is 2.